The lowest BCUT2D eigenvalue weighted by Crippen LogP contribution is -2.39. The number of rotatable bonds is 3. The van der Waals surface area contributed by atoms with Gasteiger partial charge in [0.25, 0.3) is 0 Å². The van der Waals surface area contributed by atoms with E-state index in [1.807, 2.05) is 17.9 Å². The summed E-state index contributed by atoms with van der Waals surface area (Å²) in [5.74, 6) is 0.452. The molecule has 0 radical (unpaired) electrons. The van der Waals surface area contributed by atoms with Gasteiger partial charge in [-0.05, 0) is 19.8 Å². The van der Waals surface area contributed by atoms with Gasteiger partial charge in [-0.1, -0.05) is 0 Å². The highest BCUT2D eigenvalue weighted by atomic mass is 16.5. The van der Waals surface area contributed by atoms with Crippen LogP contribution in [0.1, 0.15) is 25.5 Å². The molecule has 19 heavy (non-hydrogen) atoms. The van der Waals surface area contributed by atoms with E-state index in [2.05, 4.69) is 9.97 Å². The van der Waals surface area contributed by atoms with Crippen LogP contribution in [0.5, 0.6) is 0 Å². The Labute approximate surface area is 112 Å². The first-order valence-corrected chi connectivity index (χ1v) is 6.38. The number of piperidine rings is 1. The highest BCUT2D eigenvalue weighted by Crippen LogP contribution is 2.21. The Bertz CT molecular complexity index is 480. The van der Waals surface area contributed by atoms with Crippen molar-refractivity contribution in [2.75, 3.05) is 24.6 Å². The average Bonchev–Trinajstić information content (AvgIpc) is 2.48. The van der Waals surface area contributed by atoms with Crippen LogP contribution in [0, 0.1) is 17.2 Å². The molecular formula is C13H16N4O2. The topological polar surface area (TPSA) is 79.1 Å². The number of carbonyl (C=O) groups is 1. The van der Waals surface area contributed by atoms with Crippen LogP contribution >= 0.6 is 0 Å². The molecule has 1 aromatic heterocycles. The predicted molar refractivity (Wildman–Crippen MR) is 68.3 cm³/mol. The zero-order valence-corrected chi connectivity index (χ0v) is 10.9. The Hall–Kier alpha value is -2.16. The number of nitrogens with zero attached hydrogens (tertiary/aromatic N) is 4. The second kappa shape index (κ2) is 6.14. The third-order valence-electron chi connectivity index (χ3n) is 3.12. The highest BCUT2D eigenvalue weighted by molar-refractivity contribution is 5.73. The number of hydrogen-bond donors (Lipinski definition) is 0. The van der Waals surface area contributed by atoms with E-state index >= 15 is 0 Å². The first-order chi connectivity index (χ1) is 9.24. The molecule has 6 nitrogen and oxygen atoms in total. The van der Waals surface area contributed by atoms with Gasteiger partial charge in [0.15, 0.2) is 5.69 Å². The van der Waals surface area contributed by atoms with Crippen LogP contribution in [0.15, 0.2) is 12.4 Å². The molecule has 2 rings (SSSR count). The summed E-state index contributed by atoms with van der Waals surface area (Å²) in [5, 5.41) is 8.69. The van der Waals surface area contributed by atoms with Crippen LogP contribution in [0.3, 0.4) is 0 Å². The van der Waals surface area contributed by atoms with Crippen molar-refractivity contribution in [3.63, 3.8) is 0 Å². The highest BCUT2D eigenvalue weighted by Gasteiger charge is 2.27. The van der Waals surface area contributed by atoms with Gasteiger partial charge in [-0.15, -0.1) is 0 Å². The molecule has 100 valence electrons. The smallest absolute Gasteiger partial charge is 0.310 e. The van der Waals surface area contributed by atoms with Gasteiger partial charge in [-0.25, -0.2) is 9.97 Å². The van der Waals surface area contributed by atoms with Crippen LogP contribution in [0.4, 0.5) is 5.82 Å². The molecule has 0 amide bonds. The normalized spacial score (nSPS) is 18.7. The fourth-order valence-corrected chi connectivity index (χ4v) is 2.18. The van der Waals surface area contributed by atoms with E-state index in [0.717, 1.165) is 19.4 Å². The maximum atomic E-state index is 11.7. The first-order valence-electron chi connectivity index (χ1n) is 6.38. The summed E-state index contributed by atoms with van der Waals surface area (Å²) < 4.78 is 5.06. The Kier molecular flexibility index (Phi) is 4.29. The maximum Gasteiger partial charge on any atom is 0.310 e. The van der Waals surface area contributed by atoms with E-state index in [0.29, 0.717) is 24.7 Å². The van der Waals surface area contributed by atoms with Gasteiger partial charge in [-0.3, -0.25) is 4.79 Å². The molecular weight excluding hydrogens is 244 g/mol. The lowest BCUT2D eigenvalue weighted by Gasteiger charge is -2.32. The molecule has 0 spiro atoms. The van der Waals surface area contributed by atoms with Gasteiger partial charge in [0.1, 0.15) is 11.9 Å². The summed E-state index contributed by atoms with van der Waals surface area (Å²) in [6.07, 6.45) is 4.79. The second-order valence-corrected chi connectivity index (χ2v) is 4.41. The summed E-state index contributed by atoms with van der Waals surface area (Å²) in [7, 11) is 0. The molecule has 0 aliphatic carbocycles. The Morgan fingerprint density at radius 3 is 3.05 bits per heavy atom. The molecule has 1 fully saturated rings. The van der Waals surface area contributed by atoms with Crippen LogP contribution in [0.25, 0.3) is 0 Å². The molecule has 1 aromatic rings. The lowest BCUT2D eigenvalue weighted by atomic mass is 9.98. The minimum absolute atomic E-state index is 0.105. The first kappa shape index (κ1) is 13.3. The lowest BCUT2D eigenvalue weighted by molar-refractivity contribution is -0.148. The standard InChI is InChI=1S/C13H16N4O2/c1-2-19-13(18)10-4-3-5-17(9-10)12-8-15-11(6-14)7-16-12/h7-8,10H,2-5,9H2,1H3. The number of aromatic nitrogens is 2. The molecule has 0 aromatic carbocycles. The van der Waals surface area contributed by atoms with Crippen molar-refractivity contribution in [2.24, 2.45) is 5.92 Å². The number of anilines is 1. The fraction of sp³-hybridized carbons (Fsp3) is 0.538. The maximum absolute atomic E-state index is 11.7. The Morgan fingerprint density at radius 1 is 1.58 bits per heavy atom. The molecule has 1 unspecified atom stereocenters. The molecule has 2 heterocycles. The van der Waals surface area contributed by atoms with Crippen LogP contribution in [-0.2, 0) is 9.53 Å². The second-order valence-electron chi connectivity index (χ2n) is 4.41. The van der Waals surface area contributed by atoms with Gasteiger partial charge in [0, 0.05) is 13.1 Å². The summed E-state index contributed by atoms with van der Waals surface area (Å²) in [4.78, 5) is 22.0. The minimum atomic E-state index is -0.145. The van der Waals surface area contributed by atoms with Crippen molar-refractivity contribution in [3.8, 4) is 6.07 Å². The van der Waals surface area contributed by atoms with Gasteiger partial charge < -0.3 is 9.64 Å². The predicted octanol–water partition coefficient (Wildman–Crippen LogP) is 1.13. The Balaban J connectivity index is 2.04. The SMILES string of the molecule is CCOC(=O)C1CCCN(c2cnc(C#N)cn2)C1. The molecule has 1 aliphatic heterocycles. The van der Waals surface area contributed by atoms with E-state index in [4.69, 9.17) is 10.00 Å². The summed E-state index contributed by atoms with van der Waals surface area (Å²) in [5.41, 5.74) is 0.294. The number of carbonyl (C=O) groups excluding carboxylic acids is 1. The van der Waals surface area contributed by atoms with E-state index in [1.54, 1.807) is 6.20 Å². The fourth-order valence-electron chi connectivity index (χ4n) is 2.18. The molecule has 1 atom stereocenters. The van der Waals surface area contributed by atoms with E-state index < -0.39 is 0 Å². The van der Waals surface area contributed by atoms with Crippen LogP contribution < -0.4 is 4.90 Å². The monoisotopic (exact) mass is 260 g/mol. The molecule has 1 aliphatic rings. The van der Waals surface area contributed by atoms with E-state index in [-0.39, 0.29) is 11.9 Å². The number of nitriles is 1. The van der Waals surface area contributed by atoms with Crippen molar-refractivity contribution in [3.05, 3.63) is 18.1 Å². The zero-order valence-electron chi connectivity index (χ0n) is 10.9. The summed E-state index contributed by atoms with van der Waals surface area (Å²) in [6.45, 7) is 3.66. The van der Waals surface area contributed by atoms with Crippen molar-refractivity contribution < 1.29 is 9.53 Å². The van der Waals surface area contributed by atoms with E-state index in [9.17, 15) is 4.79 Å². The summed E-state index contributed by atoms with van der Waals surface area (Å²) in [6, 6.07) is 1.93. The zero-order chi connectivity index (χ0) is 13.7. The molecule has 0 bridgehead atoms. The summed E-state index contributed by atoms with van der Waals surface area (Å²) >= 11 is 0. The van der Waals surface area contributed by atoms with Crippen LogP contribution in [0.2, 0.25) is 0 Å². The third-order valence-corrected chi connectivity index (χ3v) is 3.12. The molecule has 0 N–H and O–H groups in total. The van der Waals surface area contributed by atoms with Gasteiger partial charge in [0.2, 0.25) is 0 Å². The average molecular weight is 260 g/mol. The number of hydrogen-bond acceptors (Lipinski definition) is 6. The molecule has 6 heteroatoms. The van der Waals surface area contributed by atoms with Gasteiger partial charge in [-0.2, -0.15) is 5.26 Å². The van der Waals surface area contributed by atoms with Crippen molar-refractivity contribution in [1.29, 1.82) is 5.26 Å². The van der Waals surface area contributed by atoms with Crippen LogP contribution in [-0.4, -0.2) is 35.6 Å². The third kappa shape index (κ3) is 3.19. The van der Waals surface area contributed by atoms with Gasteiger partial charge >= 0.3 is 5.97 Å². The quantitative estimate of drug-likeness (QED) is 0.758. The minimum Gasteiger partial charge on any atom is -0.466 e. The molecule has 1 saturated heterocycles. The van der Waals surface area contributed by atoms with Crippen molar-refractivity contribution in [2.45, 2.75) is 19.8 Å². The van der Waals surface area contributed by atoms with Crippen molar-refractivity contribution >= 4 is 11.8 Å². The largest absolute Gasteiger partial charge is 0.466 e. The number of esters is 1. The van der Waals surface area contributed by atoms with E-state index in [1.165, 1.54) is 6.20 Å². The number of ether oxygens (including phenoxy) is 1. The van der Waals surface area contributed by atoms with Crippen molar-refractivity contribution in [1.82, 2.24) is 9.97 Å². The Morgan fingerprint density at radius 2 is 2.42 bits per heavy atom. The van der Waals surface area contributed by atoms with Gasteiger partial charge in [0.05, 0.1) is 24.9 Å². The molecule has 0 saturated carbocycles.